The number of benzene rings is 1. The predicted molar refractivity (Wildman–Crippen MR) is 133 cm³/mol. The van der Waals surface area contributed by atoms with Gasteiger partial charge in [0.15, 0.2) is 0 Å². The first-order chi connectivity index (χ1) is 16.4. The molecular formula is C26H35FN4O2S. The summed E-state index contributed by atoms with van der Waals surface area (Å²) in [5.41, 5.74) is 0.863. The van der Waals surface area contributed by atoms with Gasteiger partial charge in [0.2, 0.25) is 11.8 Å². The fourth-order valence-corrected chi connectivity index (χ4v) is 5.91. The van der Waals surface area contributed by atoms with Crippen molar-refractivity contribution in [3.8, 4) is 0 Å². The Morgan fingerprint density at radius 3 is 2.21 bits per heavy atom. The summed E-state index contributed by atoms with van der Waals surface area (Å²) in [6.07, 6.45) is 1.19. The molecule has 4 rings (SSSR count). The van der Waals surface area contributed by atoms with Crippen LogP contribution >= 0.6 is 11.3 Å². The van der Waals surface area contributed by atoms with E-state index in [0.717, 1.165) is 49.7 Å². The van der Waals surface area contributed by atoms with Crippen molar-refractivity contribution in [1.82, 2.24) is 20.0 Å². The van der Waals surface area contributed by atoms with Crippen LogP contribution in [0.1, 0.15) is 36.8 Å². The van der Waals surface area contributed by atoms with Crippen LogP contribution in [0.2, 0.25) is 0 Å². The fourth-order valence-electron chi connectivity index (χ4n) is 5.10. The molecule has 2 amide bonds. The summed E-state index contributed by atoms with van der Waals surface area (Å²) in [6.45, 7) is 10.0. The largest absolute Gasteiger partial charge is 0.343 e. The van der Waals surface area contributed by atoms with Gasteiger partial charge in [0.1, 0.15) is 5.82 Å². The van der Waals surface area contributed by atoms with Gasteiger partial charge < -0.3 is 10.2 Å². The van der Waals surface area contributed by atoms with Gasteiger partial charge >= 0.3 is 0 Å². The molecule has 2 aliphatic heterocycles. The number of amides is 2. The Morgan fingerprint density at radius 1 is 1.00 bits per heavy atom. The summed E-state index contributed by atoms with van der Waals surface area (Å²) in [7, 11) is 0. The maximum Gasteiger partial charge on any atom is 0.236 e. The van der Waals surface area contributed by atoms with Gasteiger partial charge in [-0.15, -0.1) is 11.3 Å². The molecule has 1 aromatic carbocycles. The van der Waals surface area contributed by atoms with Gasteiger partial charge in [-0.2, -0.15) is 0 Å². The topological polar surface area (TPSA) is 55.9 Å². The van der Waals surface area contributed by atoms with E-state index in [-0.39, 0.29) is 23.7 Å². The quantitative estimate of drug-likeness (QED) is 0.653. The highest BCUT2D eigenvalue weighted by molar-refractivity contribution is 7.10. The highest BCUT2D eigenvalue weighted by atomic mass is 32.1. The predicted octanol–water partition coefficient (Wildman–Crippen LogP) is 3.21. The van der Waals surface area contributed by atoms with Crippen molar-refractivity contribution in [3.05, 3.63) is 58.0 Å². The Kier molecular flexibility index (Phi) is 8.34. The molecule has 8 heteroatoms. The first-order valence-corrected chi connectivity index (χ1v) is 13.1. The molecule has 3 unspecified atom stereocenters. The van der Waals surface area contributed by atoms with Crippen molar-refractivity contribution < 1.29 is 14.0 Å². The van der Waals surface area contributed by atoms with Crippen molar-refractivity contribution in [2.75, 3.05) is 52.4 Å². The van der Waals surface area contributed by atoms with E-state index in [1.807, 2.05) is 22.4 Å². The normalized spacial score (nSPS) is 23.0. The summed E-state index contributed by atoms with van der Waals surface area (Å²) >= 11 is 1.57. The van der Waals surface area contributed by atoms with Crippen LogP contribution in [-0.2, 0) is 9.59 Å². The fraction of sp³-hybridized carbons (Fsp3) is 0.538. The van der Waals surface area contributed by atoms with E-state index in [2.05, 4.69) is 29.0 Å². The molecule has 0 radical (unpaired) electrons. The standard InChI is InChI=1S/C26H35FN4O2S/c1-19-14-20(2)16-31(15-19)25(33)18-30-11-9-29(10-12-30)17-24(32)28-26(23-4-3-13-34-23)21-5-7-22(27)8-6-21/h3-8,13,19-20,26H,9-12,14-18H2,1-2H3,(H,28,32). The van der Waals surface area contributed by atoms with Crippen molar-refractivity contribution >= 4 is 23.2 Å². The van der Waals surface area contributed by atoms with E-state index in [4.69, 9.17) is 0 Å². The Labute approximate surface area is 205 Å². The van der Waals surface area contributed by atoms with Crippen LogP contribution in [0.5, 0.6) is 0 Å². The van der Waals surface area contributed by atoms with Crippen molar-refractivity contribution in [2.45, 2.75) is 26.3 Å². The minimum atomic E-state index is -0.291. The summed E-state index contributed by atoms with van der Waals surface area (Å²) in [5, 5.41) is 5.11. The zero-order valence-electron chi connectivity index (χ0n) is 20.1. The second kappa shape index (κ2) is 11.4. The van der Waals surface area contributed by atoms with Gasteiger partial charge in [0.25, 0.3) is 0 Å². The average molecular weight is 487 g/mol. The highest BCUT2D eigenvalue weighted by Crippen LogP contribution is 2.26. The molecule has 3 atom stereocenters. The maximum absolute atomic E-state index is 13.4. The van der Waals surface area contributed by atoms with E-state index < -0.39 is 0 Å². The molecule has 6 nitrogen and oxygen atoms in total. The van der Waals surface area contributed by atoms with Crippen LogP contribution in [0.4, 0.5) is 4.39 Å². The number of piperazine rings is 1. The molecule has 2 aliphatic rings. The van der Waals surface area contributed by atoms with Gasteiger partial charge in [-0.05, 0) is 47.4 Å². The van der Waals surface area contributed by atoms with E-state index in [9.17, 15) is 14.0 Å². The van der Waals surface area contributed by atoms with Crippen LogP contribution in [0.3, 0.4) is 0 Å². The lowest BCUT2D eigenvalue weighted by Crippen LogP contribution is -2.53. The van der Waals surface area contributed by atoms with Crippen molar-refractivity contribution in [3.63, 3.8) is 0 Å². The smallest absolute Gasteiger partial charge is 0.236 e. The number of carbonyl (C=O) groups excluding carboxylic acids is 2. The number of halogens is 1. The summed E-state index contributed by atoms with van der Waals surface area (Å²) in [4.78, 5) is 33.1. The summed E-state index contributed by atoms with van der Waals surface area (Å²) < 4.78 is 13.4. The third-order valence-corrected chi connectivity index (χ3v) is 7.69. The number of nitrogens with one attached hydrogen (secondary N) is 1. The van der Waals surface area contributed by atoms with Crippen LogP contribution in [-0.4, -0.2) is 78.9 Å². The van der Waals surface area contributed by atoms with Gasteiger partial charge in [0, 0.05) is 44.1 Å². The lowest BCUT2D eigenvalue weighted by molar-refractivity contribution is -0.135. The van der Waals surface area contributed by atoms with E-state index in [1.54, 1.807) is 23.5 Å². The van der Waals surface area contributed by atoms with E-state index in [1.165, 1.54) is 18.6 Å². The summed E-state index contributed by atoms with van der Waals surface area (Å²) in [6, 6.07) is 9.94. The molecule has 34 heavy (non-hydrogen) atoms. The number of nitrogens with zero attached hydrogens (tertiary/aromatic N) is 3. The minimum absolute atomic E-state index is 0.0523. The summed E-state index contributed by atoms with van der Waals surface area (Å²) in [5.74, 6) is 1.01. The van der Waals surface area contributed by atoms with E-state index >= 15 is 0 Å². The van der Waals surface area contributed by atoms with E-state index in [0.29, 0.717) is 24.9 Å². The molecule has 1 N–H and O–H groups in total. The van der Waals surface area contributed by atoms with Gasteiger partial charge in [0.05, 0.1) is 19.1 Å². The molecule has 2 aromatic rings. The Morgan fingerprint density at radius 2 is 1.62 bits per heavy atom. The Hall–Kier alpha value is -2.29. The molecule has 0 bridgehead atoms. The zero-order valence-corrected chi connectivity index (χ0v) is 20.9. The molecule has 0 spiro atoms. The number of likely N-dealkylation sites (tertiary alicyclic amines) is 1. The minimum Gasteiger partial charge on any atom is -0.343 e. The monoisotopic (exact) mass is 486 g/mol. The number of hydrogen-bond acceptors (Lipinski definition) is 5. The lowest BCUT2D eigenvalue weighted by Gasteiger charge is -2.38. The van der Waals surface area contributed by atoms with Crippen LogP contribution < -0.4 is 5.32 Å². The van der Waals surface area contributed by atoms with Crippen molar-refractivity contribution in [2.24, 2.45) is 11.8 Å². The van der Waals surface area contributed by atoms with Crippen molar-refractivity contribution in [1.29, 1.82) is 0 Å². The Bertz CT molecular complexity index is 934. The molecule has 3 heterocycles. The van der Waals surface area contributed by atoms with Gasteiger partial charge in [-0.3, -0.25) is 19.4 Å². The zero-order chi connectivity index (χ0) is 24.1. The second-order valence-electron chi connectivity index (χ2n) is 9.86. The number of thiophene rings is 1. The molecule has 2 saturated heterocycles. The third-order valence-electron chi connectivity index (χ3n) is 6.75. The molecular weight excluding hydrogens is 451 g/mol. The van der Waals surface area contributed by atoms with Crippen LogP contribution in [0, 0.1) is 17.7 Å². The highest BCUT2D eigenvalue weighted by Gasteiger charge is 2.28. The number of piperidine rings is 1. The SMILES string of the molecule is CC1CC(C)CN(C(=O)CN2CCN(CC(=O)NC(c3ccc(F)cc3)c3cccs3)CC2)C1. The number of carbonyl (C=O) groups is 2. The van der Waals surface area contributed by atoms with Crippen LogP contribution in [0.25, 0.3) is 0 Å². The number of hydrogen-bond donors (Lipinski definition) is 1. The molecule has 0 aliphatic carbocycles. The lowest BCUT2D eigenvalue weighted by atomic mass is 9.92. The first kappa shape index (κ1) is 24.8. The average Bonchev–Trinajstić information content (AvgIpc) is 3.33. The third kappa shape index (κ3) is 6.64. The number of rotatable bonds is 7. The maximum atomic E-state index is 13.4. The van der Waals surface area contributed by atoms with Gasteiger partial charge in [-0.25, -0.2) is 4.39 Å². The first-order valence-electron chi connectivity index (χ1n) is 12.2. The molecule has 2 fully saturated rings. The van der Waals surface area contributed by atoms with Gasteiger partial charge in [-0.1, -0.05) is 32.0 Å². The van der Waals surface area contributed by atoms with Crippen LogP contribution in [0.15, 0.2) is 41.8 Å². The Balaban J connectivity index is 1.26. The molecule has 1 aromatic heterocycles. The molecule has 184 valence electrons. The second-order valence-corrected chi connectivity index (χ2v) is 10.8. The molecule has 0 saturated carbocycles.